The van der Waals surface area contributed by atoms with Gasteiger partial charge in [-0.2, -0.15) is 0 Å². The highest BCUT2D eigenvalue weighted by Crippen LogP contribution is 2.41. The smallest absolute Gasteiger partial charge is 0.341 e. The van der Waals surface area contributed by atoms with E-state index in [1.165, 1.54) is 14.2 Å². The van der Waals surface area contributed by atoms with Crippen LogP contribution in [-0.4, -0.2) is 51.4 Å². The number of benzene rings is 3. The quantitative estimate of drug-likeness (QED) is 0.110. The van der Waals surface area contributed by atoms with Crippen molar-refractivity contribution in [1.82, 2.24) is 0 Å². The SMILES string of the molecule is C=C(C)C(=O)OC1CCC(c2cc(OC(=O)C(=C)COC)ccc2-c2ccc(-c3ccc(OC(=O)C(=C)COC)cc3)cc2)CC1. The summed E-state index contributed by atoms with van der Waals surface area (Å²) in [5.74, 6) is -0.413. The van der Waals surface area contributed by atoms with Crippen LogP contribution in [0.15, 0.2) is 103 Å². The Balaban J connectivity index is 1.55. The third kappa shape index (κ3) is 8.90. The lowest BCUT2D eigenvalue weighted by Gasteiger charge is -2.30. The van der Waals surface area contributed by atoms with Crippen LogP contribution in [0.1, 0.15) is 44.1 Å². The van der Waals surface area contributed by atoms with Gasteiger partial charge in [0.25, 0.3) is 0 Å². The standard InChI is InChI=1S/C38H40O8/c1-24(2)36(39)44-31-17-13-30(14-18-31)35-21-33(46-38(41)26(4)23-43-6)19-20-34(35)29-9-7-27(8-10-29)28-11-15-32(16-12-28)45-37(40)25(3)22-42-5/h7-12,15-16,19-21,30-31H,1,3-4,13-14,17-18,22-23H2,2,5-6H3. The summed E-state index contributed by atoms with van der Waals surface area (Å²) >= 11 is 0. The van der Waals surface area contributed by atoms with E-state index in [1.807, 2.05) is 36.4 Å². The maximum Gasteiger partial charge on any atom is 0.341 e. The zero-order valence-corrected chi connectivity index (χ0v) is 26.6. The van der Waals surface area contributed by atoms with E-state index in [9.17, 15) is 14.4 Å². The third-order valence-corrected chi connectivity index (χ3v) is 7.78. The van der Waals surface area contributed by atoms with Crippen molar-refractivity contribution in [2.24, 2.45) is 0 Å². The van der Waals surface area contributed by atoms with Gasteiger partial charge in [0.2, 0.25) is 0 Å². The van der Waals surface area contributed by atoms with Crippen molar-refractivity contribution in [3.8, 4) is 33.8 Å². The predicted octanol–water partition coefficient (Wildman–Crippen LogP) is 7.38. The van der Waals surface area contributed by atoms with Gasteiger partial charge in [0.1, 0.15) is 17.6 Å². The minimum Gasteiger partial charge on any atom is -0.459 e. The first-order chi connectivity index (χ1) is 22.1. The van der Waals surface area contributed by atoms with Gasteiger partial charge < -0.3 is 23.7 Å². The molecule has 8 nitrogen and oxygen atoms in total. The summed E-state index contributed by atoms with van der Waals surface area (Å²) in [7, 11) is 2.99. The number of carbonyl (C=O) groups excluding carboxylic acids is 3. The number of hydrogen-bond acceptors (Lipinski definition) is 8. The van der Waals surface area contributed by atoms with E-state index in [4.69, 9.17) is 23.7 Å². The first kappa shape index (κ1) is 34.1. The molecule has 0 aromatic heterocycles. The molecule has 3 aromatic carbocycles. The molecule has 1 aliphatic rings. The molecule has 240 valence electrons. The third-order valence-electron chi connectivity index (χ3n) is 7.78. The Labute approximate surface area is 270 Å². The molecule has 0 aliphatic heterocycles. The minimum absolute atomic E-state index is 0.0844. The normalized spacial score (nSPS) is 15.8. The Kier molecular flexibility index (Phi) is 11.8. The van der Waals surface area contributed by atoms with Crippen LogP contribution in [0.25, 0.3) is 22.3 Å². The van der Waals surface area contributed by atoms with Crippen LogP contribution < -0.4 is 9.47 Å². The van der Waals surface area contributed by atoms with Crippen molar-refractivity contribution < 1.29 is 38.1 Å². The number of carbonyl (C=O) groups is 3. The van der Waals surface area contributed by atoms with Crippen LogP contribution in [-0.2, 0) is 28.6 Å². The van der Waals surface area contributed by atoms with Crippen molar-refractivity contribution >= 4 is 17.9 Å². The van der Waals surface area contributed by atoms with Crippen LogP contribution in [0.5, 0.6) is 11.5 Å². The molecule has 3 aromatic rings. The molecular weight excluding hydrogens is 584 g/mol. The van der Waals surface area contributed by atoms with Gasteiger partial charge in [0.05, 0.1) is 24.4 Å². The van der Waals surface area contributed by atoms with Crippen LogP contribution in [0.2, 0.25) is 0 Å². The first-order valence-corrected chi connectivity index (χ1v) is 15.1. The van der Waals surface area contributed by atoms with E-state index >= 15 is 0 Å². The molecule has 0 radical (unpaired) electrons. The van der Waals surface area contributed by atoms with Crippen LogP contribution >= 0.6 is 0 Å². The molecule has 0 spiro atoms. The summed E-state index contributed by atoms with van der Waals surface area (Å²) in [5.41, 5.74) is 5.91. The average molecular weight is 625 g/mol. The maximum absolute atomic E-state index is 12.6. The van der Waals surface area contributed by atoms with Gasteiger partial charge in [-0.1, -0.05) is 62.2 Å². The average Bonchev–Trinajstić information content (AvgIpc) is 3.05. The summed E-state index contributed by atoms with van der Waals surface area (Å²) in [6, 6.07) is 21.1. The number of hydrogen-bond donors (Lipinski definition) is 0. The predicted molar refractivity (Wildman–Crippen MR) is 177 cm³/mol. The fraction of sp³-hybridized carbons (Fsp3) is 0.289. The van der Waals surface area contributed by atoms with E-state index in [0.29, 0.717) is 17.1 Å². The monoisotopic (exact) mass is 624 g/mol. The summed E-state index contributed by atoms with van der Waals surface area (Å²) in [6.45, 7) is 12.9. The van der Waals surface area contributed by atoms with E-state index in [0.717, 1.165) is 53.5 Å². The van der Waals surface area contributed by atoms with Gasteiger partial charge in [-0.3, -0.25) is 0 Å². The summed E-state index contributed by atoms with van der Waals surface area (Å²) in [5, 5.41) is 0. The minimum atomic E-state index is -0.541. The molecule has 0 N–H and O–H groups in total. The van der Waals surface area contributed by atoms with Gasteiger partial charge in [-0.05, 0) is 90.6 Å². The largest absolute Gasteiger partial charge is 0.459 e. The number of rotatable bonds is 13. The van der Waals surface area contributed by atoms with Gasteiger partial charge >= 0.3 is 17.9 Å². The molecule has 0 bridgehead atoms. The molecule has 0 unspecified atom stereocenters. The van der Waals surface area contributed by atoms with Gasteiger partial charge in [-0.25, -0.2) is 14.4 Å². The second-order valence-corrected chi connectivity index (χ2v) is 11.4. The van der Waals surface area contributed by atoms with Crippen molar-refractivity contribution in [3.05, 3.63) is 109 Å². The number of esters is 3. The van der Waals surface area contributed by atoms with Gasteiger partial charge in [0, 0.05) is 19.8 Å². The zero-order chi connectivity index (χ0) is 33.2. The fourth-order valence-electron chi connectivity index (χ4n) is 5.33. The number of ether oxygens (including phenoxy) is 5. The van der Waals surface area contributed by atoms with E-state index in [1.54, 1.807) is 25.1 Å². The molecule has 1 saturated carbocycles. The van der Waals surface area contributed by atoms with Crippen molar-refractivity contribution in [1.29, 1.82) is 0 Å². The second-order valence-electron chi connectivity index (χ2n) is 11.4. The highest BCUT2D eigenvalue weighted by atomic mass is 16.5. The molecule has 8 heteroatoms. The van der Waals surface area contributed by atoms with Crippen molar-refractivity contribution in [3.63, 3.8) is 0 Å². The van der Waals surface area contributed by atoms with Crippen LogP contribution in [0.3, 0.4) is 0 Å². The Hall–Kier alpha value is -4.79. The molecule has 0 saturated heterocycles. The highest BCUT2D eigenvalue weighted by molar-refractivity contribution is 5.90. The second kappa shape index (κ2) is 16.0. The molecule has 1 fully saturated rings. The maximum atomic E-state index is 12.6. The molecule has 0 amide bonds. The molecule has 0 atom stereocenters. The number of methoxy groups -OCH3 is 2. The van der Waals surface area contributed by atoms with Gasteiger partial charge in [0.15, 0.2) is 0 Å². The molecule has 4 rings (SSSR count). The summed E-state index contributed by atoms with van der Waals surface area (Å²) < 4.78 is 26.6. The van der Waals surface area contributed by atoms with Crippen LogP contribution in [0.4, 0.5) is 0 Å². The molecular formula is C38H40O8. The van der Waals surface area contributed by atoms with E-state index in [-0.39, 0.29) is 42.4 Å². The van der Waals surface area contributed by atoms with E-state index < -0.39 is 11.9 Å². The molecule has 0 heterocycles. The lowest BCUT2D eigenvalue weighted by molar-refractivity contribution is -0.145. The molecule has 46 heavy (non-hydrogen) atoms. The molecule has 1 aliphatic carbocycles. The van der Waals surface area contributed by atoms with Crippen molar-refractivity contribution in [2.75, 3.05) is 27.4 Å². The van der Waals surface area contributed by atoms with E-state index in [2.05, 4.69) is 31.9 Å². The Morgan fingerprint density at radius 1 is 0.652 bits per heavy atom. The van der Waals surface area contributed by atoms with Crippen LogP contribution in [0, 0.1) is 0 Å². The first-order valence-electron chi connectivity index (χ1n) is 15.1. The lowest BCUT2D eigenvalue weighted by Crippen LogP contribution is -2.24. The zero-order valence-electron chi connectivity index (χ0n) is 26.6. The Morgan fingerprint density at radius 3 is 1.65 bits per heavy atom. The summed E-state index contributed by atoms with van der Waals surface area (Å²) in [4.78, 5) is 36.8. The lowest BCUT2D eigenvalue weighted by atomic mass is 9.79. The topological polar surface area (TPSA) is 97.4 Å². The fourth-order valence-corrected chi connectivity index (χ4v) is 5.33. The Morgan fingerprint density at radius 2 is 1.13 bits per heavy atom. The van der Waals surface area contributed by atoms with Gasteiger partial charge in [-0.15, -0.1) is 0 Å². The highest BCUT2D eigenvalue weighted by Gasteiger charge is 2.27. The van der Waals surface area contributed by atoms with Crippen molar-refractivity contribution in [2.45, 2.75) is 44.6 Å². The Bertz CT molecular complexity index is 1590. The summed E-state index contributed by atoms with van der Waals surface area (Å²) in [6.07, 6.45) is 2.91.